The van der Waals surface area contributed by atoms with Crippen LogP contribution in [0.3, 0.4) is 0 Å². The van der Waals surface area contributed by atoms with E-state index >= 15 is 0 Å². The van der Waals surface area contributed by atoms with Crippen molar-refractivity contribution in [2.45, 2.75) is 29.5 Å². The molecule has 0 amide bonds. The minimum absolute atomic E-state index is 0.0877. The third-order valence-electron chi connectivity index (χ3n) is 3.14. The molecule has 5 nitrogen and oxygen atoms in total. The van der Waals surface area contributed by atoms with Crippen LogP contribution in [0.1, 0.15) is 12.8 Å². The zero-order valence-corrected chi connectivity index (χ0v) is 11.3. The lowest BCUT2D eigenvalue weighted by Crippen LogP contribution is -2.47. The third-order valence-corrected chi connectivity index (χ3v) is 4.67. The molecule has 1 aliphatic rings. The molecule has 0 aliphatic heterocycles. The summed E-state index contributed by atoms with van der Waals surface area (Å²) in [4.78, 5) is -0.320. The molecule has 112 valence electrons. The highest BCUT2D eigenvalue weighted by atomic mass is 32.2. The summed E-state index contributed by atoms with van der Waals surface area (Å²) in [6, 6.07) is 3.48. The summed E-state index contributed by atoms with van der Waals surface area (Å²) in [6.07, 6.45) is -5.14. The maximum atomic E-state index is 12.8. The van der Waals surface area contributed by atoms with Crippen molar-refractivity contribution in [3.63, 3.8) is 0 Å². The topological polar surface area (TPSA) is 81.4 Å². The lowest BCUT2D eigenvalue weighted by atomic mass is 10.3. The van der Waals surface area contributed by atoms with Crippen molar-refractivity contribution in [1.82, 2.24) is 4.72 Å². The number of nitrogens with two attached hydrogens (primary N) is 1. The molecule has 0 aromatic heterocycles. The summed E-state index contributed by atoms with van der Waals surface area (Å²) in [6.45, 7) is 0. The minimum Gasteiger partial charge on any atom is -0.495 e. The van der Waals surface area contributed by atoms with Gasteiger partial charge >= 0.3 is 6.18 Å². The van der Waals surface area contributed by atoms with Crippen molar-refractivity contribution in [3.8, 4) is 5.75 Å². The van der Waals surface area contributed by atoms with E-state index in [0.717, 1.165) is 12.1 Å². The first-order valence-electron chi connectivity index (χ1n) is 5.65. The molecule has 0 radical (unpaired) electrons. The number of hydrogen-bond donors (Lipinski definition) is 2. The molecular weight excluding hydrogens is 297 g/mol. The highest BCUT2D eigenvalue weighted by Crippen LogP contribution is 2.49. The quantitative estimate of drug-likeness (QED) is 0.829. The van der Waals surface area contributed by atoms with Crippen LogP contribution in [0, 0.1) is 0 Å². The average Bonchev–Trinajstić information content (AvgIpc) is 3.09. The Kier molecular flexibility index (Phi) is 3.37. The summed E-state index contributed by atoms with van der Waals surface area (Å²) in [7, 11) is -3.01. The number of halogens is 3. The van der Waals surface area contributed by atoms with Gasteiger partial charge in [-0.2, -0.15) is 17.9 Å². The number of ether oxygens (including phenoxy) is 1. The number of sulfonamides is 1. The summed E-state index contributed by atoms with van der Waals surface area (Å²) in [5, 5.41) is 0. The second kappa shape index (κ2) is 4.52. The van der Waals surface area contributed by atoms with Gasteiger partial charge in [0.25, 0.3) is 0 Å². The molecule has 0 unspecified atom stereocenters. The van der Waals surface area contributed by atoms with E-state index in [0.29, 0.717) is 0 Å². The monoisotopic (exact) mass is 310 g/mol. The van der Waals surface area contributed by atoms with Crippen LogP contribution in [0.15, 0.2) is 23.1 Å². The van der Waals surface area contributed by atoms with Gasteiger partial charge in [0, 0.05) is 6.07 Å². The molecule has 9 heteroatoms. The van der Waals surface area contributed by atoms with Crippen LogP contribution in [0.5, 0.6) is 5.75 Å². The van der Waals surface area contributed by atoms with Gasteiger partial charge in [-0.25, -0.2) is 8.42 Å². The van der Waals surface area contributed by atoms with Crippen LogP contribution in [0.2, 0.25) is 0 Å². The minimum atomic E-state index is -4.61. The van der Waals surface area contributed by atoms with Crippen molar-refractivity contribution < 1.29 is 26.3 Å². The molecule has 0 saturated heterocycles. The number of methoxy groups -OCH3 is 1. The first-order valence-corrected chi connectivity index (χ1v) is 7.14. The first kappa shape index (κ1) is 14.9. The van der Waals surface area contributed by atoms with Crippen molar-refractivity contribution in [1.29, 1.82) is 0 Å². The van der Waals surface area contributed by atoms with Gasteiger partial charge in [-0.3, -0.25) is 0 Å². The predicted molar refractivity (Wildman–Crippen MR) is 65.7 cm³/mol. The fraction of sp³-hybridized carbons (Fsp3) is 0.455. The molecule has 1 aromatic carbocycles. The number of nitrogens with one attached hydrogen (secondary N) is 1. The Bertz CT molecular complexity index is 624. The normalized spacial score (nSPS) is 17.8. The van der Waals surface area contributed by atoms with Crippen LogP contribution < -0.4 is 15.2 Å². The fourth-order valence-electron chi connectivity index (χ4n) is 1.74. The SMILES string of the molecule is COc1cc(S(=O)(=O)NC2(C(F)(F)F)CC2)ccc1N. The van der Waals surface area contributed by atoms with Crippen LogP contribution in [0.25, 0.3) is 0 Å². The van der Waals surface area contributed by atoms with E-state index < -0.39 is 21.7 Å². The second-order valence-corrected chi connectivity index (χ2v) is 6.27. The highest BCUT2D eigenvalue weighted by Gasteiger charge is 2.65. The summed E-state index contributed by atoms with van der Waals surface area (Å²) < 4.78 is 68.9. The average molecular weight is 310 g/mol. The number of hydrogen-bond acceptors (Lipinski definition) is 4. The lowest BCUT2D eigenvalue weighted by molar-refractivity contribution is -0.160. The van der Waals surface area contributed by atoms with Gasteiger partial charge in [-0.15, -0.1) is 0 Å². The standard InChI is InChI=1S/C11H13F3N2O3S/c1-19-9-6-7(2-3-8(9)15)20(17,18)16-10(4-5-10)11(12,13)14/h2-3,6,16H,4-5,15H2,1H3. The molecule has 20 heavy (non-hydrogen) atoms. The fourth-order valence-corrected chi connectivity index (χ4v) is 3.20. The second-order valence-electron chi connectivity index (χ2n) is 4.59. The molecule has 2 rings (SSSR count). The van der Waals surface area contributed by atoms with Crippen molar-refractivity contribution in [2.75, 3.05) is 12.8 Å². The van der Waals surface area contributed by atoms with Crippen LogP contribution in [-0.2, 0) is 10.0 Å². The van der Waals surface area contributed by atoms with Crippen LogP contribution in [0.4, 0.5) is 18.9 Å². The molecule has 0 spiro atoms. The summed E-state index contributed by atoms with van der Waals surface area (Å²) in [5.41, 5.74) is 3.38. The van der Waals surface area contributed by atoms with E-state index in [9.17, 15) is 21.6 Å². The number of alkyl halides is 3. The highest BCUT2D eigenvalue weighted by molar-refractivity contribution is 7.89. The number of nitrogen functional groups attached to an aromatic ring is 1. The Labute approximate surface area is 114 Å². The number of rotatable bonds is 4. The Hall–Kier alpha value is -1.48. The zero-order valence-electron chi connectivity index (χ0n) is 10.5. The molecule has 0 heterocycles. The van der Waals surface area contributed by atoms with Crippen molar-refractivity contribution in [3.05, 3.63) is 18.2 Å². The largest absolute Gasteiger partial charge is 0.495 e. The number of anilines is 1. The smallest absolute Gasteiger partial charge is 0.407 e. The Balaban J connectivity index is 2.33. The molecule has 1 aromatic rings. The maximum Gasteiger partial charge on any atom is 0.407 e. The van der Waals surface area contributed by atoms with Gasteiger partial charge in [-0.05, 0) is 25.0 Å². The summed E-state index contributed by atoms with van der Waals surface area (Å²) in [5.74, 6) is 0.0877. The van der Waals surface area contributed by atoms with E-state index in [1.165, 1.54) is 13.2 Å². The molecule has 1 saturated carbocycles. The van der Waals surface area contributed by atoms with Crippen LogP contribution >= 0.6 is 0 Å². The van der Waals surface area contributed by atoms with E-state index in [2.05, 4.69) is 0 Å². The Morgan fingerprint density at radius 1 is 1.35 bits per heavy atom. The molecule has 0 atom stereocenters. The number of benzene rings is 1. The van der Waals surface area contributed by atoms with E-state index in [1.54, 1.807) is 4.72 Å². The van der Waals surface area contributed by atoms with E-state index in [4.69, 9.17) is 10.5 Å². The Morgan fingerprint density at radius 2 is 1.95 bits per heavy atom. The van der Waals surface area contributed by atoms with Gasteiger partial charge in [0.1, 0.15) is 11.3 Å². The van der Waals surface area contributed by atoms with Gasteiger partial charge in [0.15, 0.2) is 0 Å². The van der Waals surface area contributed by atoms with Gasteiger partial charge < -0.3 is 10.5 Å². The van der Waals surface area contributed by atoms with Crippen molar-refractivity contribution >= 4 is 15.7 Å². The predicted octanol–water partition coefficient (Wildman–Crippen LogP) is 1.65. The first-order chi connectivity index (χ1) is 9.11. The van der Waals surface area contributed by atoms with Gasteiger partial charge in [0.2, 0.25) is 10.0 Å². The van der Waals surface area contributed by atoms with Crippen molar-refractivity contribution in [2.24, 2.45) is 0 Å². The molecular formula is C11H13F3N2O3S. The van der Waals surface area contributed by atoms with Gasteiger partial charge in [0.05, 0.1) is 17.7 Å². The summed E-state index contributed by atoms with van der Waals surface area (Å²) >= 11 is 0. The third kappa shape index (κ3) is 2.55. The maximum absolute atomic E-state index is 12.8. The molecule has 0 bridgehead atoms. The molecule has 3 N–H and O–H groups in total. The zero-order chi connectivity index (χ0) is 15.2. The molecule has 1 fully saturated rings. The molecule has 1 aliphatic carbocycles. The Morgan fingerprint density at radius 3 is 2.40 bits per heavy atom. The lowest BCUT2D eigenvalue weighted by Gasteiger charge is -2.20. The van der Waals surface area contributed by atoms with E-state index in [-0.39, 0.29) is 29.2 Å². The van der Waals surface area contributed by atoms with Crippen LogP contribution in [-0.4, -0.2) is 27.2 Å². The van der Waals surface area contributed by atoms with Gasteiger partial charge in [-0.1, -0.05) is 0 Å². The van der Waals surface area contributed by atoms with E-state index in [1.807, 2.05) is 0 Å².